The van der Waals surface area contributed by atoms with Gasteiger partial charge >= 0.3 is 5.97 Å². The Labute approximate surface area is 136 Å². The topological polar surface area (TPSA) is 50.8 Å². The fraction of sp³-hybridized carbons (Fsp3) is 0.500. The van der Waals surface area contributed by atoms with Gasteiger partial charge in [-0.2, -0.15) is 0 Å². The van der Waals surface area contributed by atoms with Crippen LogP contribution in [0.5, 0.6) is 5.75 Å². The number of nitrogens with one attached hydrogen (secondary N) is 1. The molecule has 0 bridgehead atoms. The third-order valence-corrected chi connectivity index (χ3v) is 4.10. The Morgan fingerprint density at radius 1 is 1.32 bits per heavy atom. The lowest BCUT2D eigenvalue weighted by molar-refractivity contribution is -0.149. The molecule has 120 valence electrons. The van der Waals surface area contributed by atoms with E-state index in [1.54, 1.807) is 7.11 Å². The highest BCUT2D eigenvalue weighted by molar-refractivity contribution is 7.80. The van der Waals surface area contributed by atoms with Crippen LogP contribution in [0.4, 0.5) is 5.69 Å². The van der Waals surface area contributed by atoms with Gasteiger partial charge in [0.25, 0.3) is 0 Å². The number of ether oxygens (including phenoxy) is 2. The summed E-state index contributed by atoms with van der Waals surface area (Å²) in [6.07, 6.45) is 1.56. The van der Waals surface area contributed by atoms with Crippen molar-refractivity contribution in [1.29, 1.82) is 0 Å². The fourth-order valence-electron chi connectivity index (χ4n) is 2.46. The molecule has 1 N–H and O–H groups in total. The first kappa shape index (κ1) is 16.5. The van der Waals surface area contributed by atoms with E-state index >= 15 is 0 Å². The van der Waals surface area contributed by atoms with E-state index in [2.05, 4.69) is 10.2 Å². The second-order valence-corrected chi connectivity index (χ2v) is 5.56. The number of rotatable bonds is 4. The van der Waals surface area contributed by atoms with Gasteiger partial charge in [-0.05, 0) is 56.2 Å². The number of likely N-dealkylation sites (tertiary alicyclic amines) is 1. The third-order valence-electron chi connectivity index (χ3n) is 3.74. The second kappa shape index (κ2) is 7.98. The summed E-state index contributed by atoms with van der Waals surface area (Å²) in [6.45, 7) is 3.81. The second-order valence-electron chi connectivity index (χ2n) is 5.17. The molecule has 0 radical (unpaired) electrons. The minimum atomic E-state index is -0.0869. The molecule has 1 saturated heterocycles. The smallest absolute Gasteiger partial charge is 0.309 e. The Hall–Kier alpha value is -1.82. The maximum atomic E-state index is 11.7. The summed E-state index contributed by atoms with van der Waals surface area (Å²) in [5.74, 6) is 0.725. The zero-order valence-corrected chi connectivity index (χ0v) is 13.8. The van der Waals surface area contributed by atoms with Crippen molar-refractivity contribution in [2.24, 2.45) is 5.92 Å². The predicted molar refractivity (Wildman–Crippen MR) is 90.1 cm³/mol. The van der Waals surface area contributed by atoms with Crippen molar-refractivity contribution in [3.05, 3.63) is 24.3 Å². The summed E-state index contributed by atoms with van der Waals surface area (Å²) in [5.41, 5.74) is 0.929. The van der Waals surface area contributed by atoms with Crippen molar-refractivity contribution in [1.82, 2.24) is 4.90 Å². The third kappa shape index (κ3) is 4.34. The zero-order chi connectivity index (χ0) is 15.9. The van der Waals surface area contributed by atoms with Crippen LogP contribution in [-0.4, -0.2) is 42.8 Å². The first-order valence-electron chi connectivity index (χ1n) is 7.50. The Morgan fingerprint density at radius 3 is 2.50 bits per heavy atom. The number of carbonyl (C=O) groups excluding carboxylic acids is 1. The normalized spacial score (nSPS) is 15.3. The number of thiocarbonyl (C=S) groups is 1. The van der Waals surface area contributed by atoms with Crippen LogP contribution in [0.25, 0.3) is 0 Å². The Kier molecular flexibility index (Phi) is 6.00. The molecular formula is C16H22N2O3S. The Morgan fingerprint density at radius 2 is 1.95 bits per heavy atom. The van der Waals surface area contributed by atoms with E-state index in [1.807, 2.05) is 31.2 Å². The lowest BCUT2D eigenvalue weighted by atomic mass is 9.97. The molecule has 0 aromatic heterocycles. The number of nitrogens with zero attached hydrogens (tertiary/aromatic N) is 1. The summed E-state index contributed by atoms with van der Waals surface area (Å²) in [4.78, 5) is 13.8. The average molecular weight is 322 g/mol. The summed E-state index contributed by atoms with van der Waals surface area (Å²) in [7, 11) is 1.64. The highest BCUT2D eigenvalue weighted by Gasteiger charge is 2.26. The van der Waals surface area contributed by atoms with Crippen LogP contribution in [0, 0.1) is 5.92 Å². The van der Waals surface area contributed by atoms with Gasteiger partial charge in [0.1, 0.15) is 5.75 Å². The fourth-order valence-corrected chi connectivity index (χ4v) is 2.76. The van der Waals surface area contributed by atoms with Gasteiger partial charge in [-0.25, -0.2) is 0 Å². The summed E-state index contributed by atoms with van der Waals surface area (Å²) >= 11 is 5.44. The average Bonchev–Trinajstić information content (AvgIpc) is 2.56. The van der Waals surface area contributed by atoms with Crippen LogP contribution in [-0.2, 0) is 9.53 Å². The van der Waals surface area contributed by atoms with Crippen LogP contribution in [0.15, 0.2) is 24.3 Å². The minimum absolute atomic E-state index is 0.0000126. The number of carbonyl (C=O) groups is 1. The molecule has 0 unspecified atom stereocenters. The number of anilines is 1. The molecule has 6 heteroatoms. The molecule has 1 aliphatic rings. The van der Waals surface area contributed by atoms with Gasteiger partial charge in [-0.15, -0.1) is 0 Å². The molecule has 5 nitrogen and oxygen atoms in total. The maximum Gasteiger partial charge on any atom is 0.309 e. The van der Waals surface area contributed by atoms with Gasteiger partial charge < -0.3 is 19.7 Å². The lowest BCUT2D eigenvalue weighted by Crippen LogP contribution is -2.42. The number of benzene rings is 1. The molecule has 1 aliphatic heterocycles. The molecule has 1 heterocycles. The van der Waals surface area contributed by atoms with Gasteiger partial charge in [-0.3, -0.25) is 4.79 Å². The van der Waals surface area contributed by atoms with Gasteiger partial charge in [0.2, 0.25) is 0 Å². The van der Waals surface area contributed by atoms with E-state index in [4.69, 9.17) is 21.7 Å². The first-order chi connectivity index (χ1) is 10.6. The molecule has 0 saturated carbocycles. The Balaban J connectivity index is 1.83. The predicted octanol–water partition coefficient (Wildman–Crippen LogP) is 2.67. The van der Waals surface area contributed by atoms with E-state index in [-0.39, 0.29) is 11.9 Å². The van der Waals surface area contributed by atoms with Crippen LogP contribution < -0.4 is 10.1 Å². The van der Waals surface area contributed by atoms with E-state index in [0.29, 0.717) is 11.7 Å². The quantitative estimate of drug-likeness (QED) is 0.679. The van der Waals surface area contributed by atoms with Crippen molar-refractivity contribution < 1.29 is 14.3 Å². The number of hydrogen-bond donors (Lipinski definition) is 1. The molecule has 0 aliphatic carbocycles. The van der Waals surface area contributed by atoms with Crippen molar-refractivity contribution in [2.45, 2.75) is 19.8 Å². The van der Waals surface area contributed by atoms with Crippen LogP contribution in [0.1, 0.15) is 19.8 Å². The van der Waals surface area contributed by atoms with Crippen molar-refractivity contribution >= 4 is 29.0 Å². The minimum Gasteiger partial charge on any atom is -0.497 e. The van der Waals surface area contributed by atoms with Crippen molar-refractivity contribution in [3.63, 3.8) is 0 Å². The van der Waals surface area contributed by atoms with Crippen molar-refractivity contribution in [3.8, 4) is 5.75 Å². The molecule has 1 aromatic rings. The molecule has 1 aromatic carbocycles. The van der Waals surface area contributed by atoms with Gasteiger partial charge in [0.15, 0.2) is 5.11 Å². The molecule has 22 heavy (non-hydrogen) atoms. The first-order valence-corrected chi connectivity index (χ1v) is 7.91. The Bertz CT molecular complexity index is 511. The van der Waals surface area contributed by atoms with Gasteiger partial charge in [-0.1, -0.05) is 0 Å². The van der Waals surface area contributed by atoms with Crippen LogP contribution in [0.3, 0.4) is 0 Å². The van der Waals surface area contributed by atoms with Crippen molar-refractivity contribution in [2.75, 3.05) is 32.1 Å². The number of methoxy groups -OCH3 is 1. The standard InChI is InChI=1S/C16H22N2O3S/c1-3-21-15(19)12-8-10-18(11-9-12)16(22)17-13-4-6-14(20-2)7-5-13/h4-7,12H,3,8-11H2,1-2H3,(H,17,22). The molecule has 0 amide bonds. The number of hydrogen-bond acceptors (Lipinski definition) is 4. The molecule has 2 rings (SSSR count). The lowest BCUT2D eigenvalue weighted by Gasteiger charge is -2.32. The SMILES string of the molecule is CCOC(=O)C1CCN(C(=S)Nc2ccc(OC)cc2)CC1. The highest BCUT2D eigenvalue weighted by Crippen LogP contribution is 2.20. The maximum absolute atomic E-state index is 11.7. The number of esters is 1. The van der Waals surface area contributed by atoms with E-state index in [9.17, 15) is 4.79 Å². The van der Waals surface area contributed by atoms with Crippen LogP contribution in [0.2, 0.25) is 0 Å². The molecule has 0 spiro atoms. The monoisotopic (exact) mass is 322 g/mol. The number of piperidine rings is 1. The molecule has 0 atom stereocenters. The van der Waals surface area contributed by atoms with E-state index < -0.39 is 0 Å². The van der Waals surface area contributed by atoms with E-state index in [1.165, 1.54) is 0 Å². The zero-order valence-electron chi connectivity index (χ0n) is 13.0. The van der Waals surface area contributed by atoms with Gasteiger partial charge in [0, 0.05) is 18.8 Å². The summed E-state index contributed by atoms with van der Waals surface area (Å²) in [5, 5.41) is 3.91. The highest BCUT2D eigenvalue weighted by atomic mass is 32.1. The summed E-state index contributed by atoms with van der Waals surface area (Å²) in [6, 6.07) is 7.63. The molecular weight excluding hydrogens is 300 g/mol. The molecule has 1 fully saturated rings. The largest absolute Gasteiger partial charge is 0.497 e. The van der Waals surface area contributed by atoms with E-state index in [0.717, 1.165) is 37.4 Å². The van der Waals surface area contributed by atoms with Crippen LogP contribution >= 0.6 is 12.2 Å². The summed E-state index contributed by atoms with van der Waals surface area (Å²) < 4.78 is 10.2. The van der Waals surface area contributed by atoms with Gasteiger partial charge in [0.05, 0.1) is 19.6 Å².